The zero-order valence-electron chi connectivity index (χ0n) is 15.5. The Labute approximate surface area is 153 Å². The van der Waals surface area contributed by atoms with Crippen LogP contribution in [0.5, 0.6) is 5.75 Å². The average Bonchev–Trinajstić information content (AvgIpc) is 3.38. The first-order chi connectivity index (χ1) is 12.5. The molecular formula is C20H24N4O2. The van der Waals surface area contributed by atoms with Crippen molar-refractivity contribution in [2.75, 3.05) is 13.7 Å². The molecule has 2 amide bonds. The Morgan fingerprint density at radius 3 is 2.77 bits per heavy atom. The largest absolute Gasteiger partial charge is 0.497 e. The molecule has 1 fully saturated rings. The van der Waals surface area contributed by atoms with E-state index in [1.165, 1.54) is 11.1 Å². The average molecular weight is 352 g/mol. The van der Waals surface area contributed by atoms with Crippen LogP contribution in [0.1, 0.15) is 41.2 Å². The van der Waals surface area contributed by atoms with Gasteiger partial charge in [-0.25, -0.2) is 14.8 Å². The second-order valence-corrected chi connectivity index (χ2v) is 7.37. The molecule has 1 saturated carbocycles. The van der Waals surface area contributed by atoms with E-state index in [0.29, 0.717) is 13.1 Å². The number of carbonyl (C=O) groups excluding carboxylic acids is 1. The number of benzene rings is 1. The molecule has 0 saturated heterocycles. The number of aryl methyl sites for hydroxylation is 2. The molecule has 2 aromatic rings. The molecule has 1 aromatic heterocycles. The molecule has 1 aliphatic carbocycles. The number of urea groups is 1. The molecule has 6 nitrogen and oxygen atoms in total. The van der Waals surface area contributed by atoms with Crippen molar-refractivity contribution in [3.8, 4) is 5.75 Å². The Hall–Kier alpha value is -2.63. The molecule has 26 heavy (non-hydrogen) atoms. The summed E-state index contributed by atoms with van der Waals surface area (Å²) in [5.74, 6) is 1.62. The predicted molar refractivity (Wildman–Crippen MR) is 98.1 cm³/mol. The van der Waals surface area contributed by atoms with Gasteiger partial charge in [0.25, 0.3) is 0 Å². The van der Waals surface area contributed by atoms with Crippen LogP contribution in [0.15, 0.2) is 24.3 Å². The first kappa shape index (κ1) is 16.8. The highest BCUT2D eigenvalue weighted by atomic mass is 16.5. The third kappa shape index (κ3) is 3.11. The molecule has 4 rings (SSSR count). The first-order valence-corrected chi connectivity index (χ1v) is 9.00. The zero-order chi connectivity index (χ0) is 18.3. The first-order valence-electron chi connectivity index (χ1n) is 9.00. The van der Waals surface area contributed by atoms with Crippen molar-refractivity contribution in [1.29, 1.82) is 0 Å². The molecule has 1 spiro atoms. The molecule has 1 N–H and O–H groups in total. The van der Waals surface area contributed by atoms with Gasteiger partial charge in [-0.1, -0.05) is 6.07 Å². The van der Waals surface area contributed by atoms with Crippen molar-refractivity contribution in [2.24, 2.45) is 0 Å². The van der Waals surface area contributed by atoms with Crippen LogP contribution in [0.25, 0.3) is 0 Å². The lowest BCUT2D eigenvalue weighted by atomic mass is 9.87. The molecule has 0 unspecified atom stereocenters. The van der Waals surface area contributed by atoms with Gasteiger partial charge in [0.2, 0.25) is 0 Å². The zero-order valence-corrected chi connectivity index (χ0v) is 15.5. The Balaban J connectivity index is 1.47. The number of aromatic nitrogens is 2. The van der Waals surface area contributed by atoms with E-state index in [1.807, 2.05) is 30.9 Å². The van der Waals surface area contributed by atoms with E-state index in [-0.39, 0.29) is 11.4 Å². The second kappa shape index (κ2) is 6.27. The third-order valence-corrected chi connectivity index (χ3v) is 5.32. The standard InChI is InChI=1S/C20H24N4O2/c1-13-8-16(23-14(2)22-13)10-21-19(25)24-11-15-4-5-17(26-3)9-18(15)20(12-24)6-7-20/h4-5,8-9H,6-7,10-12H2,1-3H3,(H,21,25). The maximum absolute atomic E-state index is 12.7. The summed E-state index contributed by atoms with van der Waals surface area (Å²) in [7, 11) is 1.69. The van der Waals surface area contributed by atoms with E-state index in [4.69, 9.17) is 4.74 Å². The molecule has 0 atom stereocenters. The highest BCUT2D eigenvalue weighted by Gasteiger charge is 2.50. The minimum atomic E-state index is -0.0355. The molecule has 1 aromatic carbocycles. The normalized spacial score (nSPS) is 17.0. The maximum Gasteiger partial charge on any atom is 0.318 e. The quantitative estimate of drug-likeness (QED) is 0.922. The fourth-order valence-electron chi connectivity index (χ4n) is 3.91. The highest BCUT2D eigenvalue weighted by molar-refractivity contribution is 5.75. The molecule has 2 aliphatic rings. The molecule has 0 bridgehead atoms. The molecule has 6 heteroatoms. The number of carbonyl (C=O) groups is 1. The lowest BCUT2D eigenvalue weighted by molar-refractivity contribution is 0.182. The topological polar surface area (TPSA) is 67.3 Å². The van der Waals surface area contributed by atoms with Crippen molar-refractivity contribution in [3.05, 3.63) is 52.6 Å². The van der Waals surface area contributed by atoms with Crippen LogP contribution in [0, 0.1) is 13.8 Å². The number of nitrogens with zero attached hydrogens (tertiary/aromatic N) is 3. The lowest BCUT2D eigenvalue weighted by Gasteiger charge is -2.35. The van der Waals surface area contributed by atoms with Gasteiger partial charge >= 0.3 is 6.03 Å². The Kier molecular flexibility index (Phi) is 4.05. The monoisotopic (exact) mass is 352 g/mol. The highest BCUT2D eigenvalue weighted by Crippen LogP contribution is 2.53. The number of hydrogen-bond acceptors (Lipinski definition) is 4. The summed E-state index contributed by atoms with van der Waals surface area (Å²) in [6, 6.07) is 8.08. The number of ether oxygens (including phenoxy) is 1. The van der Waals surface area contributed by atoms with Gasteiger partial charge in [-0.15, -0.1) is 0 Å². The van der Waals surface area contributed by atoms with Crippen molar-refractivity contribution >= 4 is 6.03 Å². The predicted octanol–water partition coefficient (Wildman–Crippen LogP) is 2.86. The minimum absolute atomic E-state index is 0.0355. The van der Waals surface area contributed by atoms with E-state index in [9.17, 15) is 4.79 Å². The van der Waals surface area contributed by atoms with Gasteiger partial charge in [0.05, 0.1) is 19.3 Å². The molecule has 0 radical (unpaired) electrons. The summed E-state index contributed by atoms with van der Waals surface area (Å²) in [6.45, 7) is 5.62. The van der Waals surface area contributed by atoms with Crippen molar-refractivity contribution < 1.29 is 9.53 Å². The maximum atomic E-state index is 12.7. The van der Waals surface area contributed by atoms with Gasteiger partial charge < -0.3 is 15.0 Å². The van der Waals surface area contributed by atoms with Crippen LogP contribution in [-0.4, -0.2) is 34.6 Å². The summed E-state index contributed by atoms with van der Waals surface area (Å²) < 4.78 is 5.38. The van der Waals surface area contributed by atoms with Crippen LogP contribution >= 0.6 is 0 Å². The van der Waals surface area contributed by atoms with Crippen molar-refractivity contribution in [1.82, 2.24) is 20.2 Å². The fraction of sp³-hybridized carbons (Fsp3) is 0.450. The van der Waals surface area contributed by atoms with Gasteiger partial charge in [-0.2, -0.15) is 0 Å². The Bertz CT molecular complexity index is 841. The molecule has 2 heterocycles. The molecule has 136 valence electrons. The summed E-state index contributed by atoms with van der Waals surface area (Å²) >= 11 is 0. The number of nitrogens with one attached hydrogen (secondary N) is 1. The Morgan fingerprint density at radius 1 is 1.27 bits per heavy atom. The fourth-order valence-corrected chi connectivity index (χ4v) is 3.91. The van der Waals surface area contributed by atoms with E-state index in [1.54, 1.807) is 7.11 Å². The van der Waals surface area contributed by atoms with Crippen LogP contribution in [0.4, 0.5) is 4.79 Å². The summed E-state index contributed by atoms with van der Waals surface area (Å²) in [5, 5.41) is 3.01. The van der Waals surface area contributed by atoms with Gasteiger partial charge in [0.1, 0.15) is 11.6 Å². The number of hydrogen-bond donors (Lipinski definition) is 1. The summed E-state index contributed by atoms with van der Waals surface area (Å²) in [5.41, 5.74) is 4.44. The number of methoxy groups -OCH3 is 1. The van der Waals surface area contributed by atoms with Gasteiger partial charge in [-0.05, 0) is 56.0 Å². The number of amides is 2. The SMILES string of the molecule is COc1ccc2c(c1)C1(CC1)CN(C(=O)NCc1cc(C)nc(C)n1)C2. The van der Waals surface area contributed by atoms with Gasteiger partial charge in [0.15, 0.2) is 0 Å². The van der Waals surface area contributed by atoms with E-state index in [0.717, 1.165) is 42.3 Å². The van der Waals surface area contributed by atoms with Gasteiger partial charge in [0, 0.05) is 24.2 Å². The third-order valence-electron chi connectivity index (χ3n) is 5.32. The van der Waals surface area contributed by atoms with E-state index >= 15 is 0 Å². The van der Waals surface area contributed by atoms with E-state index < -0.39 is 0 Å². The van der Waals surface area contributed by atoms with Crippen molar-refractivity contribution in [3.63, 3.8) is 0 Å². The van der Waals surface area contributed by atoms with Crippen LogP contribution in [0.2, 0.25) is 0 Å². The Morgan fingerprint density at radius 2 is 2.08 bits per heavy atom. The van der Waals surface area contributed by atoms with Crippen molar-refractivity contribution in [2.45, 2.75) is 45.2 Å². The van der Waals surface area contributed by atoms with Crippen LogP contribution < -0.4 is 10.1 Å². The molecular weight excluding hydrogens is 328 g/mol. The number of rotatable bonds is 3. The lowest BCUT2D eigenvalue weighted by Crippen LogP contribution is -2.46. The van der Waals surface area contributed by atoms with Gasteiger partial charge in [-0.3, -0.25) is 0 Å². The smallest absolute Gasteiger partial charge is 0.318 e. The van der Waals surface area contributed by atoms with Crippen LogP contribution in [-0.2, 0) is 18.5 Å². The summed E-state index contributed by atoms with van der Waals surface area (Å²) in [6.07, 6.45) is 2.25. The molecule has 1 aliphatic heterocycles. The van der Waals surface area contributed by atoms with Crippen LogP contribution in [0.3, 0.4) is 0 Å². The second-order valence-electron chi connectivity index (χ2n) is 7.37. The number of fused-ring (bicyclic) bond motifs is 2. The summed E-state index contributed by atoms with van der Waals surface area (Å²) in [4.78, 5) is 23.3. The van der Waals surface area contributed by atoms with E-state index in [2.05, 4.69) is 27.4 Å². The minimum Gasteiger partial charge on any atom is -0.497 e.